The van der Waals surface area contributed by atoms with E-state index in [0.29, 0.717) is 49.6 Å². The van der Waals surface area contributed by atoms with E-state index in [-0.39, 0.29) is 6.54 Å². The van der Waals surface area contributed by atoms with E-state index in [1.54, 1.807) is 31.2 Å². The van der Waals surface area contributed by atoms with Crippen LogP contribution >= 0.6 is 0 Å². The number of hydrogen-bond acceptors (Lipinski definition) is 7. The van der Waals surface area contributed by atoms with Crippen LogP contribution in [0.15, 0.2) is 54.6 Å². The van der Waals surface area contributed by atoms with Gasteiger partial charge in [-0.2, -0.15) is 0 Å². The summed E-state index contributed by atoms with van der Waals surface area (Å²) in [7, 11) is 0. The number of para-hydroxylation sites is 1. The number of nitrogens with zero attached hydrogens (tertiary/aromatic N) is 1. The lowest BCUT2D eigenvalue weighted by atomic mass is 10.1. The van der Waals surface area contributed by atoms with Crippen LogP contribution < -0.4 is 20.1 Å². The molecule has 10 heteroatoms. The third-order valence-electron chi connectivity index (χ3n) is 6.87. The third kappa shape index (κ3) is 12.3. The lowest BCUT2D eigenvalue weighted by Gasteiger charge is -2.31. The zero-order valence-corrected chi connectivity index (χ0v) is 24.8. The number of likely N-dealkylation sites (tertiary alicyclic amines) is 1. The number of benzene rings is 2. The maximum atomic E-state index is 12.8. The Balaban J connectivity index is 1.34. The first-order valence-corrected chi connectivity index (χ1v) is 15.2. The second-order valence-corrected chi connectivity index (χ2v) is 10.4. The van der Waals surface area contributed by atoms with Gasteiger partial charge in [-0.1, -0.05) is 70.6 Å². The lowest BCUT2D eigenvalue weighted by Crippen LogP contribution is -2.47. The molecule has 0 saturated carbocycles. The van der Waals surface area contributed by atoms with E-state index in [4.69, 9.17) is 18.9 Å². The molecule has 1 aliphatic rings. The summed E-state index contributed by atoms with van der Waals surface area (Å²) in [6.45, 7) is 5.23. The van der Waals surface area contributed by atoms with E-state index < -0.39 is 30.6 Å². The molecule has 1 fully saturated rings. The fourth-order valence-corrected chi connectivity index (χ4v) is 4.54. The molecule has 0 bridgehead atoms. The molecule has 230 valence electrons. The Bertz CT molecular complexity index is 1080. The van der Waals surface area contributed by atoms with Crippen LogP contribution in [0.4, 0.5) is 14.4 Å². The molecule has 42 heavy (non-hydrogen) atoms. The zero-order valence-electron chi connectivity index (χ0n) is 24.8. The number of rotatable bonds is 15. The maximum Gasteiger partial charge on any atom is 0.415 e. The molecule has 1 heterocycles. The molecule has 2 unspecified atom stereocenters. The van der Waals surface area contributed by atoms with Crippen LogP contribution in [0.25, 0.3) is 0 Å². The molecule has 0 aromatic heterocycles. The molecule has 0 aliphatic carbocycles. The van der Waals surface area contributed by atoms with Crippen LogP contribution in [0.1, 0.15) is 78.1 Å². The molecule has 2 atom stereocenters. The molecular formula is C32H45N3O7. The van der Waals surface area contributed by atoms with Crippen LogP contribution in [0.2, 0.25) is 0 Å². The molecule has 0 spiro atoms. The van der Waals surface area contributed by atoms with Crippen molar-refractivity contribution in [3.8, 4) is 17.2 Å². The fraction of sp³-hybridized carbons (Fsp3) is 0.531. The van der Waals surface area contributed by atoms with Gasteiger partial charge in [0.15, 0.2) is 6.23 Å². The molecule has 3 amide bonds. The maximum absolute atomic E-state index is 12.8. The van der Waals surface area contributed by atoms with E-state index >= 15 is 0 Å². The van der Waals surface area contributed by atoms with E-state index in [0.717, 1.165) is 19.3 Å². The number of carbonyl (C=O) groups is 3. The number of carbonyl (C=O) groups excluding carboxylic acids is 3. The molecule has 2 N–H and O–H groups in total. The second kappa shape index (κ2) is 18.5. The van der Waals surface area contributed by atoms with E-state index in [1.807, 2.05) is 30.3 Å². The highest BCUT2D eigenvalue weighted by molar-refractivity contribution is 5.72. The molecule has 1 aliphatic heterocycles. The summed E-state index contributed by atoms with van der Waals surface area (Å²) in [4.78, 5) is 38.9. The number of ether oxygens (including phenoxy) is 4. The van der Waals surface area contributed by atoms with Crippen molar-refractivity contribution in [1.82, 2.24) is 15.5 Å². The van der Waals surface area contributed by atoms with Gasteiger partial charge in [0, 0.05) is 19.5 Å². The van der Waals surface area contributed by atoms with Crippen molar-refractivity contribution in [1.29, 1.82) is 0 Å². The smallest absolute Gasteiger partial charge is 0.415 e. The van der Waals surface area contributed by atoms with Crippen LogP contribution in [0.5, 0.6) is 17.2 Å². The Morgan fingerprint density at radius 1 is 0.857 bits per heavy atom. The van der Waals surface area contributed by atoms with Gasteiger partial charge in [-0.3, -0.25) is 5.32 Å². The lowest BCUT2D eigenvalue weighted by molar-refractivity contribution is 0.0272. The van der Waals surface area contributed by atoms with E-state index in [1.165, 1.54) is 30.6 Å². The molecule has 10 nitrogen and oxygen atoms in total. The summed E-state index contributed by atoms with van der Waals surface area (Å²) >= 11 is 0. The highest BCUT2D eigenvalue weighted by atomic mass is 16.6. The van der Waals surface area contributed by atoms with Crippen molar-refractivity contribution < 1.29 is 33.3 Å². The van der Waals surface area contributed by atoms with Gasteiger partial charge < -0.3 is 29.2 Å². The van der Waals surface area contributed by atoms with Gasteiger partial charge in [-0.15, -0.1) is 0 Å². The molecule has 3 rings (SSSR count). The van der Waals surface area contributed by atoms with Crippen LogP contribution in [-0.2, 0) is 9.47 Å². The second-order valence-electron chi connectivity index (χ2n) is 10.4. The number of nitrogens with one attached hydrogen (secondary N) is 2. The van der Waals surface area contributed by atoms with Gasteiger partial charge in [-0.25, -0.2) is 14.4 Å². The van der Waals surface area contributed by atoms with Crippen molar-refractivity contribution >= 4 is 18.3 Å². The van der Waals surface area contributed by atoms with Gasteiger partial charge in [0.1, 0.15) is 23.4 Å². The first-order chi connectivity index (χ1) is 20.5. The number of unbranched alkanes of at least 4 members (excludes halogenated alkanes) is 6. The number of amides is 3. The highest BCUT2D eigenvalue weighted by Gasteiger charge is 2.28. The van der Waals surface area contributed by atoms with Gasteiger partial charge in [0.25, 0.3) is 0 Å². The first kappa shape index (κ1) is 32.6. The number of hydrogen-bond donors (Lipinski definition) is 2. The van der Waals surface area contributed by atoms with E-state index in [2.05, 4.69) is 17.6 Å². The topological polar surface area (TPSA) is 115 Å². The zero-order chi connectivity index (χ0) is 30.0. The van der Waals surface area contributed by atoms with Gasteiger partial charge in [0.2, 0.25) is 0 Å². The summed E-state index contributed by atoms with van der Waals surface area (Å²) in [5.41, 5.74) is 0. The first-order valence-electron chi connectivity index (χ1n) is 15.2. The normalized spacial score (nSPS) is 15.3. The van der Waals surface area contributed by atoms with Gasteiger partial charge in [-0.05, 0) is 55.7 Å². The number of alkyl carbamates (subject to hydrolysis) is 2. The summed E-state index contributed by atoms with van der Waals surface area (Å²) in [5.74, 6) is 1.72. The van der Waals surface area contributed by atoms with Crippen molar-refractivity contribution in [3.63, 3.8) is 0 Å². The van der Waals surface area contributed by atoms with Crippen LogP contribution in [-0.4, -0.2) is 55.1 Å². The predicted octanol–water partition coefficient (Wildman–Crippen LogP) is 7.38. The van der Waals surface area contributed by atoms with Gasteiger partial charge >= 0.3 is 18.3 Å². The Hall–Kier alpha value is -3.95. The minimum Gasteiger partial charge on any atom is -0.457 e. The summed E-state index contributed by atoms with van der Waals surface area (Å²) in [6, 6.07) is 16.2. The average Bonchev–Trinajstić information content (AvgIpc) is 2.99. The SMILES string of the molecule is CCCCCCCCCNC(=O)OC(CC)NC(=O)OC1CCCN(C(=O)Oc2ccc(Oc3ccccc3)cc2)C1. The Labute approximate surface area is 249 Å². The molecule has 2 aromatic rings. The molecular weight excluding hydrogens is 538 g/mol. The minimum atomic E-state index is -0.815. The fourth-order valence-electron chi connectivity index (χ4n) is 4.54. The van der Waals surface area contributed by atoms with Crippen molar-refractivity contribution in [2.75, 3.05) is 19.6 Å². The monoisotopic (exact) mass is 583 g/mol. The van der Waals surface area contributed by atoms with E-state index in [9.17, 15) is 14.4 Å². The summed E-state index contributed by atoms with van der Waals surface area (Å²) in [6.07, 6.45) is 6.64. The predicted molar refractivity (Wildman–Crippen MR) is 160 cm³/mol. The molecule has 1 saturated heterocycles. The quantitative estimate of drug-likeness (QED) is 0.166. The minimum absolute atomic E-state index is 0.206. The van der Waals surface area contributed by atoms with Crippen molar-refractivity contribution in [2.24, 2.45) is 0 Å². The average molecular weight is 584 g/mol. The standard InChI is InChI=1S/C32H45N3O7/c1-3-5-6-7-8-9-13-22-33-30(36)42-29(4-2)34-31(37)40-28-17-14-23-35(24-28)32(38)41-27-20-18-26(19-21-27)39-25-15-11-10-12-16-25/h10-12,15-16,18-21,28-29H,3-9,13-14,17,22-24H2,1-2H3,(H,33,36)(H,34,37). The highest BCUT2D eigenvalue weighted by Crippen LogP contribution is 2.24. The Kier molecular flexibility index (Phi) is 14.3. The van der Waals surface area contributed by atoms with Crippen LogP contribution in [0, 0.1) is 0 Å². The number of piperidine rings is 1. The van der Waals surface area contributed by atoms with Gasteiger partial charge in [0.05, 0.1) is 6.54 Å². The van der Waals surface area contributed by atoms with Crippen molar-refractivity contribution in [2.45, 2.75) is 90.4 Å². The summed E-state index contributed by atoms with van der Waals surface area (Å²) < 4.78 is 22.1. The van der Waals surface area contributed by atoms with Crippen molar-refractivity contribution in [3.05, 3.63) is 54.6 Å². The van der Waals surface area contributed by atoms with Crippen LogP contribution in [0.3, 0.4) is 0 Å². The molecule has 2 aromatic carbocycles. The Morgan fingerprint density at radius 2 is 1.52 bits per heavy atom. The summed E-state index contributed by atoms with van der Waals surface area (Å²) in [5, 5.41) is 5.33. The largest absolute Gasteiger partial charge is 0.457 e. The Morgan fingerprint density at radius 3 is 2.24 bits per heavy atom. The third-order valence-corrected chi connectivity index (χ3v) is 6.87. The molecule has 0 radical (unpaired) electrons.